The highest BCUT2D eigenvalue weighted by atomic mass is 35.5. The number of ether oxygens (including phenoxy) is 1. The summed E-state index contributed by atoms with van der Waals surface area (Å²) >= 11 is 5.30. The van der Waals surface area contributed by atoms with Crippen molar-refractivity contribution in [1.82, 2.24) is 0 Å². The summed E-state index contributed by atoms with van der Waals surface area (Å²) < 4.78 is 5.21. The van der Waals surface area contributed by atoms with Gasteiger partial charge < -0.3 is 4.74 Å². The number of allylic oxidation sites excluding steroid dienone is 2. The molecule has 0 saturated heterocycles. The summed E-state index contributed by atoms with van der Waals surface area (Å²) in [5.74, 6) is -0.158. The van der Waals surface area contributed by atoms with Gasteiger partial charge in [-0.15, -0.1) is 0 Å². The van der Waals surface area contributed by atoms with Crippen LogP contribution in [-0.4, -0.2) is 25.9 Å². The third kappa shape index (κ3) is 12.2. The molecule has 0 spiro atoms. The maximum Gasteiger partial charge on any atom is 0.306 e. The monoisotopic (exact) mass is 304 g/mol. The molecule has 0 bridgehead atoms. The lowest BCUT2D eigenvalue weighted by Gasteiger charge is -2.15. The van der Waals surface area contributed by atoms with Crippen molar-refractivity contribution in [2.24, 2.45) is 0 Å². The molecule has 110 valence electrons. The minimum atomic E-state index is -1.14. The van der Waals surface area contributed by atoms with Gasteiger partial charge in [-0.3, -0.25) is 9.59 Å². The zero-order valence-corrected chi connectivity index (χ0v) is 14.2. The van der Waals surface area contributed by atoms with Crippen LogP contribution in [0.25, 0.3) is 0 Å². The van der Waals surface area contributed by atoms with Crippen LogP contribution in [0.2, 0.25) is 25.7 Å². The molecule has 0 aromatic rings. The molecule has 0 aliphatic heterocycles. The molecule has 0 atom stereocenters. The van der Waals surface area contributed by atoms with Gasteiger partial charge in [-0.05, 0) is 37.4 Å². The smallest absolute Gasteiger partial charge is 0.306 e. The molecule has 0 saturated carbocycles. The predicted octanol–water partition coefficient (Wildman–Crippen LogP) is 4.14. The Morgan fingerprint density at radius 2 is 1.68 bits per heavy atom. The van der Waals surface area contributed by atoms with Crippen LogP contribution in [-0.2, 0) is 14.3 Å². The van der Waals surface area contributed by atoms with Gasteiger partial charge in [-0.1, -0.05) is 31.3 Å². The molecule has 5 heteroatoms. The number of rotatable bonds is 9. The summed E-state index contributed by atoms with van der Waals surface area (Å²) in [4.78, 5) is 22.2. The van der Waals surface area contributed by atoms with E-state index in [-0.39, 0.29) is 11.2 Å². The topological polar surface area (TPSA) is 43.4 Å². The second-order valence-electron chi connectivity index (χ2n) is 5.83. The van der Waals surface area contributed by atoms with E-state index in [1.807, 2.05) is 13.0 Å². The van der Waals surface area contributed by atoms with Gasteiger partial charge >= 0.3 is 5.97 Å². The minimum Gasteiger partial charge on any atom is -0.466 e. The average Bonchev–Trinajstić information content (AvgIpc) is 2.27. The second kappa shape index (κ2) is 9.32. The Bertz CT molecular complexity index is 332. The van der Waals surface area contributed by atoms with Crippen molar-refractivity contribution in [2.75, 3.05) is 6.61 Å². The molecule has 0 amide bonds. The molecule has 19 heavy (non-hydrogen) atoms. The molecular formula is C14H25ClO3Si. The summed E-state index contributed by atoms with van der Waals surface area (Å²) in [6.45, 7) is 9.19. The lowest BCUT2D eigenvalue weighted by Crippen LogP contribution is -2.22. The number of halogens is 1. The number of hydrogen-bond donors (Lipinski definition) is 0. The van der Waals surface area contributed by atoms with Gasteiger partial charge in [0.2, 0.25) is 5.24 Å². The lowest BCUT2D eigenvalue weighted by molar-refractivity contribution is -0.143. The van der Waals surface area contributed by atoms with Crippen molar-refractivity contribution >= 4 is 30.9 Å². The Morgan fingerprint density at radius 1 is 1.11 bits per heavy atom. The Hall–Kier alpha value is -0.613. The zero-order chi connectivity index (χ0) is 14.9. The third-order valence-electron chi connectivity index (χ3n) is 2.82. The molecule has 0 fully saturated rings. The molecule has 0 aliphatic rings. The van der Waals surface area contributed by atoms with Crippen molar-refractivity contribution in [1.29, 1.82) is 0 Å². The van der Waals surface area contributed by atoms with Gasteiger partial charge in [-0.2, -0.15) is 0 Å². The van der Waals surface area contributed by atoms with Gasteiger partial charge in [-0.25, -0.2) is 0 Å². The Balaban J connectivity index is 3.85. The Morgan fingerprint density at radius 3 is 2.16 bits per heavy atom. The van der Waals surface area contributed by atoms with Gasteiger partial charge in [0.25, 0.3) is 0 Å². The molecule has 0 N–H and O–H groups in total. The van der Waals surface area contributed by atoms with Gasteiger partial charge in [0.15, 0.2) is 0 Å². The largest absolute Gasteiger partial charge is 0.466 e. The fourth-order valence-corrected chi connectivity index (χ4v) is 2.29. The first-order valence-electron chi connectivity index (χ1n) is 6.72. The Kier molecular flexibility index (Phi) is 9.02. The van der Waals surface area contributed by atoms with Crippen molar-refractivity contribution in [3.05, 3.63) is 11.6 Å². The minimum absolute atomic E-state index is 0.158. The molecule has 0 aliphatic carbocycles. The van der Waals surface area contributed by atoms with E-state index in [0.717, 1.165) is 11.6 Å². The van der Waals surface area contributed by atoms with Crippen LogP contribution in [0.4, 0.5) is 0 Å². The van der Waals surface area contributed by atoms with Crippen LogP contribution in [0.5, 0.6) is 0 Å². The second-order valence-corrected chi connectivity index (χ2v) is 11.9. The molecular weight excluding hydrogens is 280 g/mol. The molecule has 0 aromatic heterocycles. The molecule has 0 unspecified atom stereocenters. The van der Waals surface area contributed by atoms with Crippen LogP contribution in [0, 0.1) is 0 Å². The van der Waals surface area contributed by atoms with Crippen LogP contribution in [0.15, 0.2) is 11.6 Å². The molecule has 0 radical (unpaired) electrons. The molecule has 0 rings (SSSR count). The molecule has 3 nitrogen and oxygen atoms in total. The van der Waals surface area contributed by atoms with E-state index in [2.05, 4.69) is 19.6 Å². The maximum atomic E-state index is 11.6. The van der Waals surface area contributed by atoms with Gasteiger partial charge in [0, 0.05) is 20.9 Å². The zero-order valence-electron chi connectivity index (χ0n) is 12.4. The lowest BCUT2D eigenvalue weighted by atomic mass is 10.1. The van der Waals surface area contributed by atoms with E-state index in [1.165, 1.54) is 0 Å². The van der Waals surface area contributed by atoms with E-state index in [1.54, 1.807) is 0 Å². The van der Waals surface area contributed by atoms with Crippen LogP contribution in [0.3, 0.4) is 0 Å². The van der Waals surface area contributed by atoms with Crippen molar-refractivity contribution in [3.63, 3.8) is 0 Å². The highest BCUT2D eigenvalue weighted by molar-refractivity contribution is 6.76. The van der Waals surface area contributed by atoms with Crippen LogP contribution in [0.1, 0.15) is 32.6 Å². The van der Waals surface area contributed by atoms with E-state index < -0.39 is 8.07 Å². The van der Waals surface area contributed by atoms with Gasteiger partial charge in [0.1, 0.15) is 0 Å². The number of carbonyl (C=O) groups excluding carboxylic acids is 2. The fraction of sp³-hybridized carbons (Fsp3) is 0.714. The summed E-state index contributed by atoms with van der Waals surface area (Å²) in [7, 11) is -1.14. The third-order valence-corrected chi connectivity index (χ3v) is 4.71. The van der Waals surface area contributed by atoms with E-state index >= 15 is 0 Å². The summed E-state index contributed by atoms with van der Waals surface area (Å²) in [5.41, 5.74) is 1.08. The quantitative estimate of drug-likeness (QED) is 0.278. The van der Waals surface area contributed by atoms with E-state index in [9.17, 15) is 9.59 Å². The van der Waals surface area contributed by atoms with Crippen molar-refractivity contribution < 1.29 is 14.3 Å². The van der Waals surface area contributed by atoms with E-state index in [0.29, 0.717) is 32.3 Å². The first-order chi connectivity index (χ1) is 8.74. The standard InChI is InChI=1S/C14H25ClO3Si/c1-5-12(6-8-13(15)16)7-9-14(17)18-10-11-19(2,3)4/h5H,6-11H2,1-4H3. The number of esters is 1. The predicted molar refractivity (Wildman–Crippen MR) is 82.2 cm³/mol. The normalized spacial score (nSPS) is 12.4. The van der Waals surface area contributed by atoms with Crippen LogP contribution < -0.4 is 0 Å². The van der Waals surface area contributed by atoms with E-state index in [4.69, 9.17) is 16.3 Å². The first kappa shape index (κ1) is 18.4. The average molecular weight is 305 g/mol. The van der Waals surface area contributed by atoms with Gasteiger partial charge in [0.05, 0.1) is 6.61 Å². The summed E-state index contributed by atoms with van der Waals surface area (Å²) in [6, 6.07) is 0.996. The number of hydrogen-bond acceptors (Lipinski definition) is 3. The highest BCUT2D eigenvalue weighted by Gasteiger charge is 2.14. The van der Waals surface area contributed by atoms with Crippen LogP contribution >= 0.6 is 11.6 Å². The highest BCUT2D eigenvalue weighted by Crippen LogP contribution is 2.14. The maximum absolute atomic E-state index is 11.6. The Labute approximate surface area is 122 Å². The van der Waals surface area contributed by atoms with Crippen molar-refractivity contribution in [2.45, 2.75) is 58.3 Å². The molecule has 0 aromatic carbocycles. The fourth-order valence-electron chi connectivity index (χ4n) is 1.48. The summed E-state index contributed by atoms with van der Waals surface area (Å²) in [6.07, 6.45) is 3.91. The van der Waals surface area contributed by atoms with Crippen molar-refractivity contribution in [3.8, 4) is 0 Å². The summed E-state index contributed by atoms with van der Waals surface area (Å²) in [5, 5.41) is -0.336. The first-order valence-corrected chi connectivity index (χ1v) is 10.8. The SMILES string of the molecule is CC=C(CCC(=O)Cl)CCC(=O)OCC[Si](C)(C)C. The number of carbonyl (C=O) groups is 2. The molecule has 0 heterocycles.